The van der Waals surface area contributed by atoms with Gasteiger partial charge in [0, 0.05) is 39.3 Å². The van der Waals surface area contributed by atoms with Gasteiger partial charge in [-0.15, -0.1) is 0 Å². The van der Waals surface area contributed by atoms with Crippen molar-refractivity contribution in [2.45, 2.75) is 24.7 Å². The fourth-order valence-electron chi connectivity index (χ4n) is 14.4. The molecule has 0 fully saturated rings. The Labute approximate surface area is 492 Å². The van der Waals surface area contributed by atoms with Gasteiger partial charge in [-0.05, 0) is 173 Å². The van der Waals surface area contributed by atoms with Crippen molar-refractivity contribution >= 4 is 34.1 Å². The quantitative estimate of drug-likeness (QED) is 0.135. The number of hydrogen-bond acceptors (Lipinski definition) is 2. The monoisotopic (exact) mass is 1070 g/mol. The molecule has 0 bridgehead atoms. The molecule has 0 aromatic heterocycles. The molecule has 1 unspecified atom stereocenters. The van der Waals surface area contributed by atoms with Gasteiger partial charge in [0.2, 0.25) is 0 Å². The predicted octanol–water partition coefficient (Wildman–Crippen LogP) is 21.9. The van der Waals surface area contributed by atoms with E-state index >= 15 is 0 Å². The van der Waals surface area contributed by atoms with Gasteiger partial charge in [0.05, 0.1) is 16.8 Å². The van der Waals surface area contributed by atoms with Gasteiger partial charge in [-0.3, -0.25) is 0 Å². The second-order valence-corrected chi connectivity index (χ2v) is 23.1. The Balaban J connectivity index is 0.993. The summed E-state index contributed by atoms with van der Waals surface area (Å²) in [6.45, 7) is 4.77. The van der Waals surface area contributed by atoms with Crippen LogP contribution in [0, 0.1) is 0 Å². The summed E-state index contributed by atoms with van der Waals surface area (Å²) in [7, 11) is 0. The molecule has 84 heavy (non-hydrogen) atoms. The van der Waals surface area contributed by atoms with Crippen molar-refractivity contribution in [2.75, 3.05) is 9.80 Å². The summed E-state index contributed by atoms with van der Waals surface area (Å²) >= 11 is 0. The number of nitrogens with zero attached hydrogens (tertiary/aromatic N) is 2. The van der Waals surface area contributed by atoms with Gasteiger partial charge in [-0.25, -0.2) is 0 Å². The molecule has 0 saturated heterocycles. The van der Waals surface area contributed by atoms with Crippen molar-refractivity contribution in [1.29, 1.82) is 0 Å². The zero-order valence-corrected chi connectivity index (χ0v) is 46.9. The first-order valence-electron chi connectivity index (χ1n) is 29.3. The zero-order chi connectivity index (χ0) is 55.9. The molecule has 2 nitrogen and oxygen atoms in total. The first-order chi connectivity index (χ1) is 41.4. The minimum atomic E-state index is -0.713. The standard InChI is InChI=1S/C82H58N2/c1-81(2)73-37-21-18-34-65(73)68-49-48-64(50-76(68)81)84(63-32-16-7-17-33-63)80-54-78-72(52-70(80)60-46-42-58(43-47-60)56-26-10-4-11-27-56)67-36-20-23-39-75(67)82(78)74-38-22-19-35-66(74)71-51-69(59-44-40-57(41-45-59)55-24-8-3-9-25-55)79(53-77(71)82)83(61-28-12-5-13-29-61)62-30-14-6-15-31-62/h3-54H,1-2H3. The maximum absolute atomic E-state index is 2.59. The van der Waals surface area contributed by atoms with Crippen LogP contribution in [0.3, 0.4) is 0 Å². The third-order valence-corrected chi connectivity index (χ3v) is 18.3. The van der Waals surface area contributed by atoms with E-state index in [2.05, 4.69) is 339 Å². The van der Waals surface area contributed by atoms with E-state index in [0.717, 1.165) is 56.4 Å². The molecule has 16 rings (SSSR count). The van der Waals surface area contributed by atoms with E-state index in [1.165, 1.54) is 89.0 Å². The molecule has 3 aliphatic carbocycles. The summed E-state index contributed by atoms with van der Waals surface area (Å²) in [6.07, 6.45) is 0. The van der Waals surface area contributed by atoms with Crippen molar-refractivity contribution in [3.05, 3.63) is 349 Å². The average molecular weight is 1070 g/mol. The SMILES string of the molecule is CC1(C)c2ccccc2-c2ccc(N(c3ccccc3)c3cc4c(cc3-c3ccc(-c5ccccc5)cc3)-c3ccccc3C43c4ccccc4-c4cc(-c5ccc(-c6ccccc6)cc5)c(N(c5ccccc5)c5ccccc5)cc43)cc21. The lowest BCUT2D eigenvalue weighted by atomic mass is 9.70. The van der Waals surface area contributed by atoms with Crippen LogP contribution >= 0.6 is 0 Å². The van der Waals surface area contributed by atoms with Gasteiger partial charge < -0.3 is 9.80 Å². The van der Waals surface area contributed by atoms with E-state index in [4.69, 9.17) is 0 Å². The molecular weight excluding hydrogens is 1010 g/mol. The molecule has 0 saturated carbocycles. The Morgan fingerprint density at radius 1 is 0.202 bits per heavy atom. The molecule has 0 amide bonds. The highest BCUT2D eigenvalue weighted by Crippen LogP contribution is 2.66. The third kappa shape index (κ3) is 7.64. The summed E-state index contributed by atoms with van der Waals surface area (Å²) in [5, 5.41) is 0. The van der Waals surface area contributed by atoms with Crippen LogP contribution in [0.2, 0.25) is 0 Å². The van der Waals surface area contributed by atoms with Gasteiger partial charge in [-0.1, -0.05) is 257 Å². The lowest BCUT2D eigenvalue weighted by Gasteiger charge is -2.35. The minimum absolute atomic E-state index is 0.199. The second-order valence-electron chi connectivity index (χ2n) is 23.1. The number of anilines is 6. The van der Waals surface area contributed by atoms with Crippen LogP contribution in [0.25, 0.3) is 77.9 Å². The van der Waals surface area contributed by atoms with Crippen molar-refractivity contribution in [1.82, 2.24) is 0 Å². The highest BCUT2D eigenvalue weighted by Gasteiger charge is 2.53. The number of rotatable bonds is 10. The lowest BCUT2D eigenvalue weighted by molar-refractivity contribution is 0.660. The van der Waals surface area contributed by atoms with E-state index in [0.29, 0.717) is 0 Å². The van der Waals surface area contributed by atoms with E-state index in [1.807, 2.05) is 0 Å². The molecule has 13 aromatic rings. The predicted molar refractivity (Wildman–Crippen MR) is 351 cm³/mol. The van der Waals surface area contributed by atoms with Crippen LogP contribution in [-0.2, 0) is 10.8 Å². The minimum Gasteiger partial charge on any atom is -0.310 e. The topological polar surface area (TPSA) is 6.48 Å². The fourth-order valence-corrected chi connectivity index (χ4v) is 14.4. The Bertz CT molecular complexity index is 4590. The van der Waals surface area contributed by atoms with Gasteiger partial charge >= 0.3 is 0 Å². The van der Waals surface area contributed by atoms with Crippen molar-refractivity contribution in [2.24, 2.45) is 0 Å². The summed E-state index contributed by atoms with van der Waals surface area (Å²) in [5.41, 5.74) is 30.5. The van der Waals surface area contributed by atoms with E-state index in [-0.39, 0.29) is 5.41 Å². The Hall–Kier alpha value is -10.5. The average Bonchev–Trinajstić information content (AvgIpc) is 1.63. The molecular formula is C82H58N2. The van der Waals surface area contributed by atoms with Crippen molar-refractivity contribution < 1.29 is 0 Å². The van der Waals surface area contributed by atoms with Crippen LogP contribution in [0.4, 0.5) is 34.1 Å². The Morgan fingerprint density at radius 3 is 0.952 bits per heavy atom. The highest BCUT2D eigenvalue weighted by molar-refractivity contribution is 6.03. The van der Waals surface area contributed by atoms with E-state index in [9.17, 15) is 0 Å². The number of para-hydroxylation sites is 3. The highest BCUT2D eigenvalue weighted by atomic mass is 15.2. The largest absolute Gasteiger partial charge is 0.310 e. The molecule has 3 aliphatic rings. The maximum atomic E-state index is 2.59. The molecule has 1 spiro atoms. The summed E-state index contributed by atoms with van der Waals surface area (Å²) in [6, 6.07) is 118. The van der Waals surface area contributed by atoms with E-state index in [1.54, 1.807) is 0 Å². The molecule has 396 valence electrons. The summed E-state index contributed by atoms with van der Waals surface area (Å²) < 4.78 is 0. The van der Waals surface area contributed by atoms with E-state index < -0.39 is 5.41 Å². The Morgan fingerprint density at radius 2 is 0.524 bits per heavy atom. The molecule has 2 heteroatoms. The van der Waals surface area contributed by atoms with Crippen molar-refractivity contribution in [3.63, 3.8) is 0 Å². The first kappa shape index (κ1) is 49.3. The lowest BCUT2D eigenvalue weighted by Crippen LogP contribution is -2.27. The zero-order valence-electron chi connectivity index (χ0n) is 46.9. The van der Waals surface area contributed by atoms with Crippen LogP contribution < -0.4 is 9.80 Å². The second kappa shape index (κ2) is 19.6. The molecule has 0 aliphatic heterocycles. The van der Waals surface area contributed by atoms with Crippen LogP contribution in [0.15, 0.2) is 315 Å². The molecule has 0 radical (unpaired) electrons. The third-order valence-electron chi connectivity index (χ3n) is 18.3. The number of fused-ring (bicyclic) bond motifs is 13. The smallest absolute Gasteiger partial charge is 0.0727 e. The summed E-state index contributed by atoms with van der Waals surface area (Å²) in [5.74, 6) is 0. The molecule has 13 aromatic carbocycles. The van der Waals surface area contributed by atoms with Crippen molar-refractivity contribution in [3.8, 4) is 77.9 Å². The van der Waals surface area contributed by atoms with Gasteiger partial charge in [-0.2, -0.15) is 0 Å². The van der Waals surface area contributed by atoms with Gasteiger partial charge in [0.25, 0.3) is 0 Å². The molecule has 1 atom stereocenters. The van der Waals surface area contributed by atoms with Crippen LogP contribution in [0.1, 0.15) is 47.2 Å². The fraction of sp³-hybridized carbons (Fsp3) is 0.0488. The number of benzene rings is 13. The molecule has 0 heterocycles. The normalized spacial score (nSPS) is 14.5. The first-order valence-corrected chi connectivity index (χ1v) is 29.3. The van der Waals surface area contributed by atoms with Gasteiger partial charge in [0.15, 0.2) is 0 Å². The van der Waals surface area contributed by atoms with Gasteiger partial charge in [0.1, 0.15) is 0 Å². The van der Waals surface area contributed by atoms with Crippen LogP contribution in [0.5, 0.6) is 0 Å². The molecule has 0 N–H and O–H groups in total. The maximum Gasteiger partial charge on any atom is 0.0727 e. The summed E-state index contributed by atoms with van der Waals surface area (Å²) in [4.78, 5) is 5.01. The Kier molecular flexibility index (Phi) is 11.5. The number of hydrogen-bond donors (Lipinski definition) is 0. The van der Waals surface area contributed by atoms with Crippen LogP contribution in [-0.4, -0.2) is 0 Å².